The van der Waals surface area contributed by atoms with Gasteiger partial charge in [-0.2, -0.15) is 0 Å². The maximum Gasteiger partial charge on any atom is 0.224 e. The molecule has 0 radical (unpaired) electrons. The van der Waals surface area contributed by atoms with Gasteiger partial charge >= 0.3 is 0 Å². The molecule has 0 saturated heterocycles. The molecule has 112 valence electrons. The summed E-state index contributed by atoms with van der Waals surface area (Å²) < 4.78 is 10.7. The summed E-state index contributed by atoms with van der Waals surface area (Å²) in [6, 6.07) is 7.57. The molecule has 1 aromatic rings. The fourth-order valence-corrected chi connectivity index (χ4v) is 1.81. The molecule has 20 heavy (non-hydrogen) atoms. The van der Waals surface area contributed by atoms with Crippen molar-refractivity contribution in [1.29, 1.82) is 0 Å². The van der Waals surface area contributed by atoms with Crippen LogP contribution in [0.3, 0.4) is 0 Å². The number of nitrogens with one attached hydrogen (secondary N) is 1. The van der Waals surface area contributed by atoms with Gasteiger partial charge in [0.25, 0.3) is 0 Å². The van der Waals surface area contributed by atoms with Crippen LogP contribution in [0.4, 0.5) is 0 Å². The zero-order valence-corrected chi connectivity index (χ0v) is 12.6. The van der Waals surface area contributed by atoms with Crippen LogP contribution < -0.4 is 10.1 Å². The molecule has 0 spiro atoms. The number of carbonyl (C=O) groups is 1. The molecular formula is C16H25NO3. The van der Waals surface area contributed by atoms with Crippen LogP contribution >= 0.6 is 0 Å². The highest BCUT2D eigenvalue weighted by Gasteiger charge is 2.07. The number of hydrogen-bond donors (Lipinski definition) is 1. The lowest BCUT2D eigenvalue weighted by Crippen LogP contribution is -2.27. The molecule has 0 aliphatic carbocycles. The largest absolute Gasteiger partial charge is 0.496 e. The predicted octanol–water partition coefficient (Wildman–Crippen LogP) is 2.42. The van der Waals surface area contributed by atoms with Gasteiger partial charge in [-0.05, 0) is 18.4 Å². The smallest absolute Gasteiger partial charge is 0.224 e. The van der Waals surface area contributed by atoms with Gasteiger partial charge in [0.15, 0.2) is 0 Å². The van der Waals surface area contributed by atoms with Crippen molar-refractivity contribution in [2.24, 2.45) is 5.92 Å². The molecule has 4 nitrogen and oxygen atoms in total. The van der Waals surface area contributed by atoms with E-state index in [0.717, 1.165) is 24.3 Å². The van der Waals surface area contributed by atoms with E-state index in [1.54, 1.807) is 7.11 Å². The molecule has 1 aromatic carbocycles. The molecule has 1 rings (SSSR count). The molecule has 1 amide bonds. The summed E-state index contributed by atoms with van der Waals surface area (Å²) in [5, 5.41) is 2.90. The van der Waals surface area contributed by atoms with Gasteiger partial charge in [-0.3, -0.25) is 4.79 Å². The number of carbonyl (C=O) groups excluding carboxylic acids is 1. The van der Waals surface area contributed by atoms with Gasteiger partial charge in [0.05, 0.1) is 13.5 Å². The van der Waals surface area contributed by atoms with Gasteiger partial charge in [-0.1, -0.05) is 32.0 Å². The number of hydrogen-bond acceptors (Lipinski definition) is 3. The van der Waals surface area contributed by atoms with Crippen LogP contribution in [0.1, 0.15) is 25.8 Å². The minimum Gasteiger partial charge on any atom is -0.496 e. The quantitative estimate of drug-likeness (QED) is 0.706. The van der Waals surface area contributed by atoms with Crippen molar-refractivity contribution in [3.05, 3.63) is 29.8 Å². The Balaban J connectivity index is 2.20. The van der Waals surface area contributed by atoms with Crippen LogP contribution in [0.15, 0.2) is 24.3 Å². The van der Waals surface area contributed by atoms with Crippen LogP contribution in [0, 0.1) is 5.92 Å². The second-order valence-electron chi connectivity index (χ2n) is 5.16. The molecule has 0 atom stereocenters. The van der Waals surface area contributed by atoms with Crippen LogP contribution in [0.5, 0.6) is 5.75 Å². The first-order chi connectivity index (χ1) is 9.63. The average molecular weight is 279 g/mol. The minimum atomic E-state index is 0.0124. The maximum atomic E-state index is 11.8. The fraction of sp³-hybridized carbons (Fsp3) is 0.562. The number of amides is 1. The molecule has 0 saturated carbocycles. The zero-order chi connectivity index (χ0) is 14.8. The third kappa shape index (κ3) is 6.57. The molecule has 0 unspecified atom stereocenters. The highest BCUT2D eigenvalue weighted by atomic mass is 16.5. The molecule has 0 aliphatic rings. The number of para-hydroxylation sites is 1. The van der Waals surface area contributed by atoms with Crippen LogP contribution in [-0.2, 0) is 16.0 Å². The molecule has 0 aromatic heterocycles. The molecule has 0 aliphatic heterocycles. The third-order valence-electron chi connectivity index (χ3n) is 2.78. The first kappa shape index (κ1) is 16.5. The Morgan fingerprint density at radius 1 is 1.30 bits per heavy atom. The Hall–Kier alpha value is -1.55. The van der Waals surface area contributed by atoms with Crippen LogP contribution in [-0.4, -0.2) is 32.8 Å². The van der Waals surface area contributed by atoms with Crippen molar-refractivity contribution in [3.8, 4) is 5.75 Å². The van der Waals surface area contributed by atoms with E-state index in [-0.39, 0.29) is 5.91 Å². The summed E-state index contributed by atoms with van der Waals surface area (Å²) in [7, 11) is 1.61. The second-order valence-corrected chi connectivity index (χ2v) is 5.16. The third-order valence-corrected chi connectivity index (χ3v) is 2.78. The minimum absolute atomic E-state index is 0.0124. The highest BCUT2D eigenvalue weighted by Crippen LogP contribution is 2.17. The van der Waals surface area contributed by atoms with Crippen molar-refractivity contribution in [1.82, 2.24) is 5.32 Å². The van der Waals surface area contributed by atoms with E-state index in [9.17, 15) is 4.79 Å². The summed E-state index contributed by atoms with van der Waals surface area (Å²) in [5.41, 5.74) is 0.906. The lowest BCUT2D eigenvalue weighted by molar-refractivity contribution is -0.120. The van der Waals surface area contributed by atoms with E-state index in [1.807, 2.05) is 24.3 Å². The van der Waals surface area contributed by atoms with E-state index in [4.69, 9.17) is 9.47 Å². The molecular weight excluding hydrogens is 254 g/mol. The van der Waals surface area contributed by atoms with Crippen LogP contribution in [0.2, 0.25) is 0 Å². The molecule has 0 bridgehead atoms. The highest BCUT2D eigenvalue weighted by molar-refractivity contribution is 5.79. The lowest BCUT2D eigenvalue weighted by atomic mass is 10.1. The molecule has 0 heterocycles. The van der Waals surface area contributed by atoms with Crippen molar-refractivity contribution in [2.45, 2.75) is 26.7 Å². The number of ether oxygens (including phenoxy) is 2. The van der Waals surface area contributed by atoms with E-state index >= 15 is 0 Å². The summed E-state index contributed by atoms with van der Waals surface area (Å²) in [4.78, 5) is 11.8. The van der Waals surface area contributed by atoms with Gasteiger partial charge in [-0.15, -0.1) is 0 Å². The number of rotatable bonds is 9. The normalized spacial score (nSPS) is 10.6. The zero-order valence-electron chi connectivity index (χ0n) is 12.6. The Labute approximate surface area is 121 Å². The van der Waals surface area contributed by atoms with E-state index in [1.165, 1.54) is 0 Å². The maximum absolute atomic E-state index is 11.8. The average Bonchev–Trinajstić information content (AvgIpc) is 2.43. The van der Waals surface area contributed by atoms with E-state index < -0.39 is 0 Å². The SMILES string of the molecule is COc1ccccc1CC(=O)NCCCOCC(C)C. The monoisotopic (exact) mass is 279 g/mol. The number of benzene rings is 1. The Morgan fingerprint density at radius 2 is 2.05 bits per heavy atom. The van der Waals surface area contributed by atoms with Gasteiger partial charge in [-0.25, -0.2) is 0 Å². The van der Waals surface area contributed by atoms with Crippen molar-refractivity contribution in [3.63, 3.8) is 0 Å². The summed E-state index contributed by atoms with van der Waals surface area (Å²) in [6.07, 6.45) is 1.18. The standard InChI is InChI=1S/C16H25NO3/c1-13(2)12-20-10-6-9-17-16(18)11-14-7-4-5-8-15(14)19-3/h4-5,7-8,13H,6,9-12H2,1-3H3,(H,17,18). The van der Waals surface area contributed by atoms with Gasteiger partial charge in [0.1, 0.15) is 5.75 Å². The molecule has 4 heteroatoms. The first-order valence-electron chi connectivity index (χ1n) is 7.09. The lowest BCUT2D eigenvalue weighted by Gasteiger charge is -2.09. The summed E-state index contributed by atoms with van der Waals surface area (Å²) in [6.45, 7) is 6.35. The second kappa shape index (κ2) is 9.37. The predicted molar refractivity (Wildman–Crippen MR) is 80.0 cm³/mol. The number of methoxy groups -OCH3 is 1. The van der Waals surface area contributed by atoms with Gasteiger partial charge < -0.3 is 14.8 Å². The van der Waals surface area contributed by atoms with Crippen molar-refractivity contribution >= 4 is 5.91 Å². The van der Waals surface area contributed by atoms with Crippen molar-refractivity contribution in [2.75, 3.05) is 26.9 Å². The van der Waals surface area contributed by atoms with Gasteiger partial charge in [0.2, 0.25) is 5.91 Å². The van der Waals surface area contributed by atoms with E-state index in [2.05, 4.69) is 19.2 Å². The molecule has 1 N–H and O–H groups in total. The fourth-order valence-electron chi connectivity index (χ4n) is 1.81. The summed E-state index contributed by atoms with van der Waals surface area (Å²) >= 11 is 0. The topological polar surface area (TPSA) is 47.6 Å². The van der Waals surface area contributed by atoms with Gasteiger partial charge in [0, 0.05) is 25.3 Å². The first-order valence-corrected chi connectivity index (χ1v) is 7.09. The van der Waals surface area contributed by atoms with E-state index in [0.29, 0.717) is 25.5 Å². The van der Waals surface area contributed by atoms with Crippen LogP contribution in [0.25, 0.3) is 0 Å². The summed E-state index contributed by atoms with van der Waals surface area (Å²) in [5.74, 6) is 1.32. The Morgan fingerprint density at radius 3 is 2.75 bits per heavy atom. The Bertz CT molecular complexity index is 404. The van der Waals surface area contributed by atoms with Crippen molar-refractivity contribution < 1.29 is 14.3 Å². The molecule has 0 fully saturated rings. The Kier molecular flexibility index (Phi) is 7.73.